The van der Waals surface area contributed by atoms with E-state index in [-0.39, 0.29) is 37.2 Å². The van der Waals surface area contributed by atoms with Crippen LogP contribution in [0.3, 0.4) is 0 Å². The fraction of sp³-hybridized carbons (Fsp3) is 0.244. The van der Waals surface area contributed by atoms with E-state index in [1.165, 1.54) is 30.6 Å². The molecule has 2 amide bonds. The van der Waals surface area contributed by atoms with Crippen LogP contribution in [-0.4, -0.2) is 53.8 Å². The highest BCUT2D eigenvalue weighted by molar-refractivity contribution is 7.10. The molecule has 6 nitrogen and oxygen atoms in total. The molecule has 5 aromatic rings. The van der Waals surface area contributed by atoms with Gasteiger partial charge in [-0.25, -0.2) is 0 Å². The number of carbonyl (C=O) groups is 3. The van der Waals surface area contributed by atoms with Gasteiger partial charge in [0, 0.05) is 29.6 Å². The maximum Gasteiger partial charge on any atom is 0.416 e. The molecular formula is C41H37F3N2O4S. The van der Waals surface area contributed by atoms with Crippen LogP contribution in [0.5, 0.6) is 0 Å². The minimum absolute atomic E-state index is 0.00928. The van der Waals surface area contributed by atoms with E-state index in [1.54, 1.807) is 29.2 Å². The van der Waals surface area contributed by atoms with Crippen LogP contribution >= 0.6 is 11.3 Å². The van der Waals surface area contributed by atoms with E-state index in [2.05, 4.69) is 0 Å². The first-order valence-corrected chi connectivity index (χ1v) is 17.6. The highest BCUT2D eigenvalue weighted by atomic mass is 32.1. The summed E-state index contributed by atoms with van der Waals surface area (Å²) >= 11 is 1.53. The molecule has 1 saturated heterocycles. The van der Waals surface area contributed by atoms with Crippen LogP contribution in [0.2, 0.25) is 0 Å². The molecule has 2 heterocycles. The summed E-state index contributed by atoms with van der Waals surface area (Å²) < 4.78 is 44.5. The number of alkyl halides is 3. The second-order valence-corrected chi connectivity index (χ2v) is 13.6. The average Bonchev–Trinajstić information content (AvgIpc) is 3.85. The van der Waals surface area contributed by atoms with Crippen molar-refractivity contribution in [2.75, 3.05) is 20.2 Å². The van der Waals surface area contributed by atoms with E-state index in [9.17, 15) is 27.6 Å². The second-order valence-electron chi connectivity index (χ2n) is 12.5. The molecule has 51 heavy (non-hydrogen) atoms. The molecule has 1 aliphatic heterocycles. The third kappa shape index (κ3) is 8.57. The number of ether oxygens (including phenoxy) is 1. The molecule has 2 atom stereocenters. The first-order valence-electron chi connectivity index (χ1n) is 16.7. The Bertz CT molecular complexity index is 1930. The Morgan fingerprint density at radius 1 is 0.824 bits per heavy atom. The molecule has 0 bridgehead atoms. The molecule has 4 aromatic carbocycles. The van der Waals surface area contributed by atoms with E-state index in [1.807, 2.05) is 77.0 Å². The number of likely N-dealkylation sites (tertiary alicyclic amines) is 1. The van der Waals surface area contributed by atoms with Crippen molar-refractivity contribution in [3.8, 4) is 22.3 Å². The molecule has 1 unspecified atom stereocenters. The van der Waals surface area contributed by atoms with Crippen molar-refractivity contribution < 1.29 is 32.3 Å². The Morgan fingerprint density at radius 2 is 1.43 bits per heavy atom. The Labute approximate surface area is 299 Å². The molecule has 1 aliphatic rings. The van der Waals surface area contributed by atoms with Crippen molar-refractivity contribution >= 4 is 29.1 Å². The highest BCUT2D eigenvalue weighted by Gasteiger charge is 2.36. The van der Waals surface area contributed by atoms with Crippen molar-refractivity contribution in [3.05, 3.63) is 142 Å². The van der Waals surface area contributed by atoms with Crippen LogP contribution in [0, 0.1) is 0 Å². The standard InChI is InChI=1S/C41H37F3N2O4S/c1-50-39(48)26-37(32-15-11-29(12-16-32)28-7-3-2-4-8-28)46(27-35-9-5-23-45(35)38(47)25-36-10-6-24-51-36)40(49)33-17-13-30(14-18-33)31-19-21-34(22-20-31)41(42,43)44/h2-4,6-8,10-22,24,35,37H,5,9,23,25-27H2,1H3/t35-,37?/m1/s1. The van der Waals surface area contributed by atoms with Gasteiger partial charge in [0.25, 0.3) is 5.91 Å². The van der Waals surface area contributed by atoms with Crippen LogP contribution in [0.25, 0.3) is 22.3 Å². The minimum Gasteiger partial charge on any atom is -0.469 e. The van der Waals surface area contributed by atoms with Gasteiger partial charge in [-0.3, -0.25) is 14.4 Å². The average molecular weight is 711 g/mol. The summed E-state index contributed by atoms with van der Waals surface area (Å²) in [4.78, 5) is 45.5. The summed E-state index contributed by atoms with van der Waals surface area (Å²) in [6.07, 6.45) is -2.78. The number of nitrogens with zero attached hydrogens (tertiary/aromatic N) is 2. The summed E-state index contributed by atoms with van der Waals surface area (Å²) in [6, 6.07) is 32.1. The highest BCUT2D eigenvalue weighted by Crippen LogP contribution is 2.34. The summed E-state index contributed by atoms with van der Waals surface area (Å²) in [6.45, 7) is 0.768. The van der Waals surface area contributed by atoms with Gasteiger partial charge in [0.05, 0.1) is 31.6 Å². The lowest BCUT2D eigenvalue weighted by molar-refractivity contribution is -0.142. The topological polar surface area (TPSA) is 66.9 Å². The van der Waals surface area contributed by atoms with E-state index in [4.69, 9.17) is 4.74 Å². The quantitative estimate of drug-likeness (QED) is 0.128. The van der Waals surface area contributed by atoms with Crippen molar-refractivity contribution in [3.63, 3.8) is 0 Å². The van der Waals surface area contributed by atoms with Gasteiger partial charge in [0.15, 0.2) is 0 Å². The molecule has 1 aromatic heterocycles. The number of hydrogen-bond acceptors (Lipinski definition) is 5. The number of benzene rings is 4. The number of methoxy groups -OCH3 is 1. The van der Waals surface area contributed by atoms with Gasteiger partial charge in [-0.1, -0.05) is 84.9 Å². The van der Waals surface area contributed by atoms with Gasteiger partial charge >= 0.3 is 12.1 Å². The fourth-order valence-corrected chi connectivity index (χ4v) is 7.29. The zero-order valence-corrected chi connectivity index (χ0v) is 28.8. The maximum absolute atomic E-state index is 14.6. The van der Waals surface area contributed by atoms with Crippen LogP contribution in [0.15, 0.2) is 121 Å². The van der Waals surface area contributed by atoms with Gasteiger partial charge in [0.2, 0.25) is 5.91 Å². The predicted octanol–water partition coefficient (Wildman–Crippen LogP) is 9.08. The minimum atomic E-state index is -4.44. The lowest BCUT2D eigenvalue weighted by atomic mass is 9.96. The monoisotopic (exact) mass is 710 g/mol. The number of esters is 1. The molecule has 0 saturated carbocycles. The maximum atomic E-state index is 14.6. The second kappa shape index (κ2) is 15.8. The van der Waals surface area contributed by atoms with Gasteiger partial charge < -0.3 is 14.5 Å². The normalized spacial score (nSPS) is 15.0. The molecule has 0 spiro atoms. The van der Waals surface area contributed by atoms with Crippen molar-refractivity contribution in [2.24, 2.45) is 0 Å². The molecule has 0 aliphatic carbocycles. The Kier molecular flexibility index (Phi) is 11.0. The summed E-state index contributed by atoms with van der Waals surface area (Å²) in [5, 5.41) is 1.94. The van der Waals surface area contributed by atoms with E-state index in [0.29, 0.717) is 29.7 Å². The van der Waals surface area contributed by atoms with Crippen LogP contribution in [-0.2, 0) is 26.9 Å². The Morgan fingerprint density at radius 3 is 2.02 bits per heavy atom. The van der Waals surface area contributed by atoms with Gasteiger partial charge in [-0.15, -0.1) is 11.3 Å². The van der Waals surface area contributed by atoms with Gasteiger partial charge in [-0.2, -0.15) is 13.2 Å². The fourth-order valence-electron chi connectivity index (χ4n) is 6.60. The first-order chi connectivity index (χ1) is 24.6. The number of carbonyl (C=O) groups excluding carboxylic acids is 3. The van der Waals surface area contributed by atoms with E-state index in [0.717, 1.165) is 40.1 Å². The Hall–Kier alpha value is -5.22. The van der Waals surface area contributed by atoms with Crippen molar-refractivity contribution in [2.45, 2.75) is 43.9 Å². The van der Waals surface area contributed by atoms with Crippen LogP contribution < -0.4 is 0 Å². The zero-order valence-electron chi connectivity index (χ0n) is 28.0. The van der Waals surface area contributed by atoms with Crippen molar-refractivity contribution in [1.82, 2.24) is 9.80 Å². The summed E-state index contributed by atoms with van der Waals surface area (Å²) in [5.41, 5.74) is 3.58. The van der Waals surface area contributed by atoms with Crippen LogP contribution in [0.1, 0.15) is 51.7 Å². The molecule has 262 valence electrons. The SMILES string of the molecule is COC(=O)CC(c1ccc(-c2ccccc2)cc1)N(C[C@H]1CCCN1C(=O)Cc1cccs1)C(=O)c1ccc(-c2ccc(C(F)(F)F)cc2)cc1. The number of rotatable bonds is 11. The molecule has 1 fully saturated rings. The lowest BCUT2D eigenvalue weighted by Crippen LogP contribution is -2.47. The molecule has 0 N–H and O–H groups in total. The zero-order chi connectivity index (χ0) is 36.0. The molecule has 6 rings (SSSR count). The number of hydrogen-bond donors (Lipinski definition) is 0. The number of thiophene rings is 1. The predicted molar refractivity (Wildman–Crippen MR) is 192 cm³/mol. The Balaban J connectivity index is 1.33. The molecule has 0 radical (unpaired) electrons. The third-order valence-corrected chi connectivity index (χ3v) is 10.2. The summed E-state index contributed by atoms with van der Waals surface area (Å²) in [5.74, 6) is -0.836. The van der Waals surface area contributed by atoms with E-state index >= 15 is 0 Å². The number of amides is 2. The number of halogens is 3. The first kappa shape index (κ1) is 35.6. The van der Waals surface area contributed by atoms with Crippen LogP contribution in [0.4, 0.5) is 13.2 Å². The van der Waals surface area contributed by atoms with E-state index < -0.39 is 23.8 Å². The largest absolute Gasteiger partial charge is 0.469 e. The van der Waals surface area contributed by atoms with Gasteiger partial charge in [-0.05, 0) is 76.4 Å². The third-order valence-electron chi connectivity index (χ3n) is 9.32. The van der Waals surface area contributed by atoms with Gasteiger partial charge in [0.1, 0.15) is 0 Å². The summed E-state index contributed by atoms with van der Waals surface area (Å²) in [7, 11) is 1.31. The van der Waals surface area contributed by atoms with Crippen molar-refractivity contribution in [1.29, 1.82) is 0 Å². The molecule has 10 heteroatoms. The smallest absolute Gasteiger partial charge is 0.416 e. The molecular weight excluding hydrogens is 674 g/mol. The lowest BCUT2D eigenvalue weighted by Gasteiger charge is -2.36.